The minimum absolute atomic E-state index is 0.0359. The molecule has 0 aromatic heterocycles. The van der Waals surface area contributed by atoms with Crippen molar-refractivity contribution in [3.05, 3.63) is 30.3 Å². The summed E-state index contributed by atoms with van der Waals surface area (Å²) in [7, 11) is 0. The molecule has 0 radical (unpaired) electrons. The van der Waals surface area contributed by atoms with Crippen LogP contribution >= 0.6 is 0 Å². The molecule has 0 aliphatic rings. The quantitative estimate of drug-likeness (QED) is 0.371. The van der Waals surface area contributed by atoms with E-state index in [1.54, 1.807) is 0 Å². The van der Waals surface area contributed by atoms with E-state index in [2.05, 4.69) is 16.0 Å². The van der Waals surface area contributed by atoms with Gasteiger partial charge in [0.05, 0.1) is 5.54 Å². The van der Waals surface area contributed by atoms with Gasteiger partial charge >= 0.3 is 0 Å². The zero-order chi connectivity index (χ0) is 25.8. The number of carbonyl (C=O) groups is 5. The fourth-order valence-corrected chi connectivity index (χ4v) is 1.81. The number of carbonyl (C=O) groups excluding carboxylic acids is 5. The van der Waals surface area contributed by atoms with Crippen LogP contribution in [-0.2, 0) is 24.0 Å². The van der Waals surface area contributed by atoms with E-state index in [9.17, 15) is 24.0 Å². The van der Waals surface area contributed by atoms with Gasteiger partial charge < -0.3 is 26.5 Å². The van der Waals surface area contributed by atoms with Crippen molar-refractivity contribution >= 4 is 35.6 Å². The predicted octanol–water partition coefficient (Wildman–Crippen LogP) is 2.16. The van der Waals surface area contributed by atoms with E-state index in [1.165, 1.54) is 48.5 Å². The lowest BCUT2D eigenvalue weighted by Crippen LogP contribution is -2.60. The highest BCUT2D eigenvalue weighted by atomic mass is 16.2. The van der Waals surface area contributed by atoms with E-state index in [-0.39, 0.29) is 5.91 Å². The van der Waals surface area contributed by atoms with Gasteiger partial charge in [0, 0.05) is 12.6 Å². The van der Waals surface area contributed by atoms with Gasteiger partial charge in [-0.15, -0.1) is 0 Å². The van der Waals surface area contributed by atoms with Crippen LogP contribution in [0.15, 0.2) is 30.3 Å². The number of nitrogens with two attached hydrogens (primary N) is 1. The van der Waals surface area contributed by atoms with Gasteiger partial charge in [-0.25, -0.2) is 0 Å². The molecule has 1 aromatic rings. The fourth-order valence-electron chi connectivity index (χ4n) is 1.81. The van der Waals surface area contributed by atoms with E-state index in [0.717, 1.165) is 5.69 Å². The van der Waals surface area contributed by atoms with Crippen LogP contribution in [0.1, 0.15) is 62.3 Å². The molecule has 0 fully saturated rings. The molecule has 0 aliphatic carbocycles. The van der Waals surface area contributed by atoms with Crippen LogP contribution in [0.2, 0.25) is 0 Å². The van der Waals surface area contributed by atoms with Gasteiger partial charge in [0.2, 0.25) is 23.6 Å². The van der Waals surface area contributed by atoms with Crippen LogP contribution in [0, 0.1) is 5.41 Å². The highest BCUT2D eigenvalue weighted by Gasteiger charge is 2.41. The Labute approximate surface area is 190 Å². The van der Waals surface area contributed by atoms with Crippen molar-refractivity contribution in [1.82, 2.24) is 10.6 Å². The van der Waals surface area contributed by atoms with E-state index in [1.807, 2.05) is 44.2 Å². The number of hydrogen-bond donors (Lipinski definition) is 4. The number of rotatable bonds is 7. The molecule has 1 rings (SSSR count). The summed E-state index contributed by atoms with van der Waals surface area (Å²) in [4.78, 5) is 56.7. The first-order valence-corrected chi connectivity index (χ1v) is 10.3. The summed E-state index contributed by atoms with van der Waals surface area (Å²) in [5, 5.41) is 7.54. The standard InChI is InChI=1S/C13H23N3O4.C8H9NO.C2H6/c1-11(2,7-17)15-9(19)12(3,4)10(20)16-13(5,6)8(14)18;1-7(10)9-8-5-3-2-4-6-8;1-2/h7H,1-6H3,(H2,14,18)(H,15,19)(H,16,20);2-6H,1H3,(H,9,10);1-2H3. The van der Waals surface area contributed by atoms with Crippen molar-refractivity contribution in [3.63, 3.8) is 0 Å². The van der Waals surface area contributed by atoms with Gasteiger partial charge in [-0.2, -0.15) is 0 Å². The second-order valence-electron chi connectivity index (χ2n) is 8.41. The molecule has 9 heteroatoms. The Morgan fingerprint density at radius 3 is 1.66 bits per heavy atom. The minimum atomic E-state index is -1.45. The first-order valence-electron chi connectivity index (χ1n) is 10.3. The molecule has 0 saturated heterocycles. The SMILES string of the molecule is CC.CC(=O)Nc1ccccc1.CC(C)(C=O)NC(=O)C(C)(C)C(=O)NC(C)(C)C(N)=O. The van der Waals surface area contributed by atoms with E-state index < -0.39 is 34.2 Å². The lowest BCUT2D eigenvalue weighted by atomic mass is 9.88. The number of anilines is 1. The molecule has 9 nitrogen and oxygen atoms in total. The molecule has 5 N–H and O–H groups in total. The molecule has 32 heavy (non-hydrogen) atoms. The number of primary amides is 1. The van der Waals surface area contributed by atoms with Crippen molar-refractivity contribution in [2.45, 2.75) is 73.4 Å². The molecule has 0 bridgehead atoms. The number of amides is 4. The second-order valence-corrected chi connectivity index (χ2v) is 8.41. The summed E-state index contributed by atoms with van der Waals surface area (Å²) in [6.07, 6.45) is 0.576. The molecule has 1 aromatic carbocycles. The van der Waals surface area contributed by atoms with Crippen molar-refractivity contribution < 1.29 is 24.0 Å². The van der Waals surface area contributed by atoms with Crippen molar-refractivity contribution in [2.75, 3.05) is 5.32 Å². The third kappa shape index (κ3) is 11.2. The maximum atomic E-state index is 12.1. The molecule has 0 unspecified atom stereocenters. The maximum absolute atomic E-state index is 12.1. The molecule has 0 spiro atoms. The molecule has 0 heterocycles. The highest BCUT2D eigenvalue weighted by molar-refractivity contribution is 6.06. The van der Waals surface area contributed by atoms with Gasteiger partial charge in [-0.1, -0.05) is 32.0 Å². The number of benzene rings is 1. The highest BCUT2D eigenvalue weighted by Crippen LogP contribution is 2.19. The second kappa shape index (κ2) is 13.2. The van der Waals surface area contributed by atoms with Gasteiger partial charge in [0.25, 0.3) is 0 Å². The maximum Gasteiger partial charge on any atom is 0.242 e. The van der Waals surface area contributed by atoms with Crippen LogP contribution in [0.5, 0.6) is 0 Å². The lowest BCUT2D eigenvalue weighted by Gasteiger charge is -2.31. The number of nitrogens with one attached hydrogen (secondary N) is 3. The summed E-state index contributed by atoms with van der Waals surface area (Å²) in [5.74, 6) is -2.02. The van der Waals surface area contributed by atoms with Crippen LogP contribution in [0.3, 0.4) is 0 Å². The zero-order valence-corrected chi connectivity index (χ0v) is 20.6. The summed E-state index contributed by atoms with van der Waals surface area (Å²) in [6.45, 7) is 14.2. The smallest absolute Gasteiger partial charge is 0.242 e. The van der Waals surface area contributed by atoms with Crippen molar-refractivity contribution in [3.8, 4) is 0 Å². The lowest BCUT2D eigenvalue weighted by molar-refractivity contribution is -0.145. The van der Waals surface area contributed by atoms with Crippen molar-refractivity contribution in [2.24, 2.45) is 11.1 Å². The van der Waals surface area contributed by atoms with Crippen LogP contribution in [-0.4, -0.2) is 41.0 Å². The van der Waals surface area contributed by atoms with E-state index >= 15 is 0 Å². The molecule has 0 atom stereocenters. The van der Waals surface area contributed by atoms with Gasteiger partial charge in [-0.05, 0) is 53.7 Å². The normalized spacial score (nSPS) is 10.8. The Morgan fingerprint density at radius 1 is 0.844 bits per heavy atom. The molecule has 0 saturated carbocycles. The van der Waals surface area contributed by atoms with Crippen molar-refractivity contribution in [1.29, 1.82) is 0 Å². The Morgan fingerprint density at radius 2 is 1.28 bits per heavy atom. The average Bonchev–Trinajstić information content (AvgIpc) is 2.69. The van der Waals surface area contributed by atoms with Crippen LogP contribution < -0.4 is 21.7 Å². The third-order valence-corrected chi connectivity index (χ3v) is 4.00. The first-order chi connectivity index (χ1) is 14.5. The largest absolute Gasteiger partial charge is 0.368 e. The molecular formula is C23H38N4O5. The summed E-state index contributed by atoms with van der Waals surface area (Å²) in [5.41, 5.74) is 2.21. The average molecular weight is 451 g/mol. The zero-order valence-electron chi connectivity index (χ0n) is 20.6. The van der Waals surface area contributed by atoms with Gasteiger partial charge in [-0.3, -0.25) is 19.2 Å². The minimum Gasteiger partial charge on any atom is -0.368 e. The number of aldehydes is 1. The topological polar surface area (TPSA) is 147 Å². The monoisotopic (exact) mass is 450 g/mol. The molecule has 4 amide bonds. The predicted molar refractivity (Wildman–Crippen MR) is 126 cm³/mol. The van der Waals surface area contributed by atoms with E-state index in [0.29, 0.717) is 6.29 Å². The Bertz CT molecular complexity index is 787. The Balaban J connectivity index is 0. The molecule has 0 aliphatic heterocycles. The van der Waals surface area contributed by atoms with E-state index in [4.69, 9.17) is 5.73 Å². The first kappa shape index (κ1) is 31.0. The fraction of sp³-hybridized carbons (Fsp3) is 0.522. The summed E-state index contributed by atoms with van der Waals surface area (Å²) < 4.78 is 0. The summed E-state index contributed by atoms with van der Waals surface area (Å²) >= 11 is 0. The Hall–Kier alpha value is -3.23. The third-order valence-electron chi connectivity index (χ3n) is 4.00. The molecule has 180 valence electrons. The van der Waals surface area contributed by atoms with Crippen LogP contribution in [0.4, 0.5) is 5.69 Å². The number of hydrogen-bond acceptors (Lipinski definition) is 5. The Kier molecular flexibility index (Phi) is 12.8. The van der Waals surface area contributed by atoms with Crippen LogP contribution in [0.25, 0.3) is 0 Å². The summed E-state index contributed by atoms with van der Waals surface area (Å²) in [6, 6.07) is 9.37. The van der Waals surface area contributed by atoms with Gasteiger partial charge in [0.15, 0.2) is 0 Å². The number of para-hydroxylation sites is 1. The molecular weight excluding hydrogens is 412 g/mol. The van der Waals surface area contributed by atoms with Gasteiger partial charge in [0.1, 0.15) is 17.2 Å².